The van der Waals surface area contributed by atoms with E-state index in [1.54, 1.807) is 0 Å². The lowest BCUT2D eigenvalue weighted by Gasteiger charge is -2.38. The standard InChI is InChI=1S/C27H35N3O/c28-23-27(22-24-8-3-1-4-9-24)14-19-30(20-15-27)25-10-12-26(13-11-25)31-21-7-18-29-16-5-2-6-17-29/h1,3-4,8-13H,2,5-7,14-22H2. The molecule has 4 heteroatoms. The number of anilines is 1. The van der Waals surface area contributed by atoms with Crippen molar-refractivity contribution < 1.29 is 4.74 Å². The van der Waals surface area contributed by atoms with Gasteiger partial charge < -0.3 is 14.5 Å². The highest BCUT2D eigenvalue weighted by Crippen LogP contribution is 2.36. The number of nitriles is 1. The van der Waals surface area contributed by atoms with Crippen molar-refractivity contribution in [3.8, 4) is 11.8 Å². The first-order valence-corrected chi connectivity index (χ1v) is 11.9. The fraction of sp³-hybridized carbons (Fsp3) is 0.519. The lowest BCUT2D eigenvalue weighted by molar-refractivity contribution is 0.205. The molecule has 0 spiro atoms. The third-order valence-electron chi connectivity index (χ3n) is 6.88. The van der Waals surface area contributed by atoms with Crippen molar-refractivity contribution in [3.63, 3.8) is 0 Å². The van der Waals surface area contributed by atoms with Crippen LogP contribution in [0.15, 0.2) is 54.6 Å². The molecule has 0 unspecified atom stereocenters. The van der Waals surface area contributed by atoms with E-state index in [-0.39, 0.29) is 5.41 Å². The van der Waals surface area contributed by atoms with Crippen LogP contribution in [0.4, 0.5) is 5.69 Å². The van der Waals surface area contributed by atoms with Crippen molar-refractivity contribution >= 4 is 5.69 Å². The minimum Gasteiger partial charge on any atom is -0.494 e. The van der Waals surface area contributed by atoms with Gasteiger partial charge >= 0.3 is 0 Å². The fourth-order valence-corrected chi connectivity index (χ4v) is 4.92. The second-order valence-corrected chi connectivity index (χ2v) is 9.14. The first-order valence-electron chi connectivity index (χ1n) is 11.9. The van der Waals surface area contributed by atoms with E-state index in [0.717, 1.165) is 57.7 Å². The quantitative estimate of drug-likeness (QED) is 0.547. The predicted molar refractivity (Wildman–Crippen MR) is 126 cm³/mol. The molecule has 2 heterocycles. The van der Waals surface area contributed by atoms with Crippen LogP contribution in [0.1, 0.15) is 44.1 Å². The Hall–Kier alpha value is -2.51. The maximum atomic E-state index is 9.89. The number of piperidine rings is 2. The Morgan fingerprint density at radius 3 is 2.26 bits per heavy atom. The molecule has 0 saturated carbocycles. The van der Waals surface area contributed by atoms with Gasteiger partial charge in [0, 0.05) is 25.3 Å². The monoisotopic (exact) mass is 417 g/mol. The molecule has 2 aromatic rings. The molecule has 0 aromatic heterocycles. The summed E-state index contributed by atoms with van der Waals surface area (Å²) in [4.78, 5) is 4.96. The molecule has 4 nitrogen and oxygen atoms in total. The van der Waals surface area contributed by atoms with Crippen molar-refractivity contribution in [2.24, 2.45) is 5.41 Å². The molecule has 0 radical (unpaired) electrons. The van der Waals surface area contributed by atoms with E-state index in [9.17, 15) is 5.26 Å². The van der Waals surface area contributed by atoms with Gasteiger partial charge in [0.2, 0.25) is 0 Å². The van der Waals surface area contributed by atoms with Gasteiger partial charge in [-0.1, -0.05) is 36.8 Å². The molecule has 2 aliphatic heterocycles. The molecule has 0 aliphatic carbocycles. The van der Waals surface area contributed by atoms with E-state index in [1.807, 2.05) is 6.07 Å². The Bertz CT molecular complexity index is 829. The molecule has 2 aliphatic rings. The summed E-state index contributed by atoms with van der Waals surface area (Å²) in [6.07, 6.45) is 7.84. The SMILES string of the molecule is N#CC1(Cc2ccccc2)CCN(c2ccc(OCCCN3CCCCC3)cc2)CC1. The van der Waals surface area contributed by atoms with Crippen LogP contribution in [0.3, 0.4) is 0 Å². The van der Waals surface area contributed by atoms with Gasteiger partial charge in [-0.25, -0.2) is 0 Å². The Morgan fingerprint density at radius 2 is 1.58 bits per heavy atom. The predicted octanol–water partition coefficient (Wildman–Crippen LogP) is 5.29. The van der Waals surface area contributed by atoms with E-state index in [1.165, 1.54) is 43.6 Å². The highest BCUT2D eigenvalue weighted by molar-refractivity contribution is 5.49. The Labute approximate surface area is 187 Å². The summed E-state index contributed by atoms with van der Waals surface area (Å²) in [5, 5.41) is 9.89. The summed E-state index contributed by atoms with van der Waals surface area (Å²) in [5.41, 5.74) is 2.25. The van der Waals surface area contributed by atoms with Crippen LogP contribution < -0.4 is 9.64 Å². The molecule has 2 fully saturated rings. The molecule has 164 valence electrons. The van der Waals surface area contributed by atoms with Crippen LogP contribution in [0.5, 0.6) is 5.75 Å². The van der Waals surface area contributed by atoms with E-state index in [4.69, 9.17) is 4.74 Å². The van der Waals surface area contributed by atoms with Gasteiger partial charge in [0.15, 0.2) is 0 Å². The summed E-state index contributed by atoms with van der Waals surface area (Å²) in [6.45, 7) is 6.29. The van der Waals surface area contributed by atoms with Crippen LogP contribution >= 0.6 is 0 Å². The van der Waals surface area contributed by atoms with Crippen molar-refractivity contribution in [2.45, 2.75) is 44.9 Å². The minimum absolute atomic E-state index is 0.241. The highest BCUT2D eigenvalue weighted by atomic mass is 16.5. The molecule has 4 rings (SSSR count). The number of benzene rings is 2. The number of likely N-dealkylation sites (tertiary alicyclic amines) is 1. The van der Waals surface area contributed by atoms with E-state index in [0.29, 0.717) is 0 Å². The van der Waals surface area contributed by atoms with E-state index in [2.05, 4.69) is 64.4 Å². The summed E-state index contributed by atoms with van der Waals surface area (Å²) < 4.78 is 5.97. The topological polar surface area (TPSA) is 39.5 Å². The van der Waals surface area contributed by atoms with E-state index >= 15 is 0 Å². The zero-order valence-corrected chi connectivity index (χ0v) is 18.6. The number of hydrogen-bond acceptors (Lipinski definition) is 4. The number of nitrogens with zero attached hydrogens (tertiary/aromatic N) is 3. The van der Waals surface area contributed by atoms with Gasteiger partial charge in [0.1, 0.15) is 5.75 Å². The van der Waals surface area contributed by atoms with Crippen molar-refractivity contribution in [1.82, 2.24) is 4.90 Å². The zero-order chi connectivity index (χ0) is 21.4. The zero-order valence-electron chi connectivity index (χ0n) is 18.6. The van der Waals surface area contributed by atoms with Gasteiger partial charge in [-0.2, -0.15) is 5.26 Å². The second kappa shape index (κ2) is 10.7. The number of ether oxygens (including phenoxy) is 1. The normalized spacial score (nSPS) is 19.0. The lowest BCUT2D eigenvalue weighted by Crippen LogP contribution is -2.40. The Kier molecular flexibility index (Phi) is 7.48. The maximum absolute atomic E-state index is 9.89. The molecular formula is C27H35N3O. The smallest absolute Gasteiger partial charge is 0.119 e. The molecule has 2 saturated heterocycles. The van der Waals surface area contributed by atoms with Crippen molar-refractivity contribution in [2.75, 3.05) is 44.2 Å². The molecule has 0 bridgehead atoms. The van der Waals surface area contributed by atoms with Crippen LogP contribution in [-0.2, 0) is 6.42 Å². The average molecular weight is 418 g/mol. The van der Waals surface area contributed by atoms with Crippen molar-refractivity contribution in [3.05, 3.63) is 60.2 Å². The molecule has 2 aromatic carbocycles. The lowest BCUT2D eigenvalue weighted by atomic mass is 9.75. The first kappa shape index (κ1) is 21.7. The van der Waals surface area contributed by atoms with Crippen molar-refractivity contribution in [1.29, 1.82) is 5.26 Å². The first-order chi connectivity index (χ1) is 15.3. The fourth-order valence-electron chi connectivity index (χ4n) is 4.92. The van der Waals surface area contributed by atoms with Gasteiger partial charge in [0.25, 0.3) is 0 Å². The minimum atomic E-state index is -0.241. The molecular weight excluding hydrogens is 382 g/mol. The summed E-state index contributed by atoms with van der Waals surface area (Å²) >= 11 is 0. The molecule has 0 amide bonds. The van der Waals surface area contributed by atoms with Crippen LogP contribution in [0.2, 0.25) is 0 Å². The highest BCUT2D eigenvalue weighted by Gasteiger charge is 2.35. The third-order valence-corrected chi connectivity index (χ3v) is 6.88. The van der Waals surface area contributed by atoms with Gasteiger partial charge in [0.05, 0.1) is 18.1 Å². The third kappa shape index (κ3) is 6.02. The molecule has 0 N–H and O–H groups in total. The second-order valence-electron chi connectivity index (χ2n) is 9.14. The van der Waals surface area contributed by atoms with Crippen LogP contribution in [0, 0.1) is 16.7 Å². The number of rotatable bonds is 8. The number of hydrogen-bond donors (Lipinski definition) is 0. The Morgan fingerprint density at radius 1 is 0.871 bits per heavy atom. The maximum Gasteiger partial charge on any atom is 0.119 e. The molecule has 0 atom stereocenters. The van der Waals surface area contributed by atoms with Gasteiger partial charge in [-0.3, -0.25) is 0 Å². The van der Waals surface area contributed by atoms with Gasteiger partial charge in [-0.15, -0.1) is 0 Å². The van der Waals surface area contributed by atoms with Crippen LogP contribution in [-0.4, -0.2) is 44.2 Å². The summed E-state index contributed by atoms with van der Waals surface area (Å²) in [6, 6.07) is 21.6. The summed E-state index contributed by atoms with van der Waals surface area (Å²) in [7, 11) is 0. The van der Waals surface area contributed by atoms with E-state index < -0.39 is 0 Å². The average Bonchev–Trinajstić information content (AvgIpc) is 2.84. The summed E-state index contributed by atoms with van der Waals surface area (Å²) in [5.74, 6) is 0.954. The van der Waals surface area contributed by atoms with Gasteiger partial charge in [-0.05, 0) is 81.4 Å². The largest absolute Gasteiger partial charge is 0.494 e. The Balaban J connectivity index is 1.23. The molecule has 31 heavy (non-hydrogen) atoms. The van der Waals surface area contributed by atoms with Crippen LogP contribution in [0.25, 0.3) is 0 Å².